The first-order chi connectivity index (χ1) is 14.7. The van der Waals surface area contributed by atoms with E-state index in [0.29, 0.717) is 11.7 Å². The predicted octanol–water partition coefficient (Wildman–Crippen LogP) is 5.37. The molecule has 1 atom stereocenters. The summed E-state index contributed by atoms with van der Waals surface area (Å²) in [4.78, 5) is 20.6. The Balaban J connectivity index is 1.68. The fourth-order valence-electron chi connectivity index (χ4n) is 3.41. The summed E-state index contributed by atoms with van der Waals surface area (Å²) in [6.45, 7) is 2.27. The number of H-pyrrole nitrogens is 1. The van der Waals surface area contributed by atoms with Crippen LogP contribution in [0.3, 0.4) is 0 Å². The van der Waals surface area contributed by atoms with Crippen LogP contribution in [0.2, 0.25) is 0 Å². The number of nitrogens with two attached hydrogens (primary N) is 1. The van der Waals surface area contributed by atoms with Crippen LogP contribution in [0.25, 0.3) is 22.2 Å². The largest absolute Gasteiger partial charge is 0.456 e. The molecule has 0 spiro atoms. The zero-order chi connectivity index (χ0) is 20.9. The van der Waals surface area contributed by atoms with Gasteiger partial charge in [-0.15, -0.1) is 0 Å². The highest BCUT2D eigenvalue weighted by Crippen LogP contribution is 2.34. The standard InChI is InChI=1S/C24H25N3O3/c1-2-3-12-19(25)23-27-21(24(28)29-15-16-9-5-4-6-10-16)22(30-23)18-14-26-20-13-8-7-11-17(18)20/h4-11,13-14,19,26H,2-3,12,15,25H2,1H3/t19-/m1/s1. The Morgan fingerprint density at radius 1 is 1.17 bits per heavy atom. The second-order valence-corrected chi connectivity index (χ2v) is 7.29. The van der Waals surface area contributed by atoms with E-state index in [4.69, 9.17) is 14.9 Å². The third kappa shape index (κ3) is 4.14. The minimum Gasteiger partial charge on any atom is -0.456 e. The minimum atomic E-state index is -0.531. The van der Waals surface area contributed by atoms with Crippen molar-refractivity contribution in [2.45, 2.75) is 38.8 Å². The first-order valence-electron chi connectivity index (χ1n) is 10.2. The number of oxazole rings is 1. The Morgan fingerprint density at radius 2 is 1.93 bits per heavy atom. The van der Waals surface area contributed by atoms with Crippen molar-refractivity contribution in [3.63, 3.8) is 0 Å². The fraction of sp³-hybridized carbons (Fsp3) is 0.250. The number of rotatable bonds is 8. The summed E-state index contributed by atoms with van der Waals surface area (Å²) in [5, 5.41) is 0.944. The molecule has 2 heterocycles. The van der Waals surface area contributed by atoms with E-state index in [2.05, 4.69) is 16.9 Å². The van der Waals surface area contributed by atoms with Crippen molar-refractivity contribution in [2.24, 2.45) is 5.73 Å². The van der Waals surface area contributed by atoms with Gasteiger partial charge >= 0.3 is 5.97 Å². The van der Waals surface area contributed by atoms with Gasteiger partial charge in [-0.2, -0.15) is 0 Å². The zero-order valence-electron chi connectivity index (χ0n) is 16.9. The summed E-state index contributed by atoms with van der Waals surface area (Å²) >= 11 is 0. The summed E-state index contributed by atoms with van der Waals surface area (Å²) in [7, 11) is 0. The molecule has 6 heteroatoms. The molecule has 30 heavy (non-hydrogen) atoms. The summed E-state index contributed by atoms with van der Waals surface area (Å²) in [6.07, 6.45) is 4.54. The average Bonchev–Trinajstić information content (AvgIpc) is 3.41. The number of esters is 1. The fourth-order valence-corrected chi connectivity index (χ4v) is 3.41. The number of aromatic nitrogens is 2. The van der Waals surface area contributed by atoms with Crippen LogP contribution in [0.1, 0.15) is 54.2 Å². The normalized spacial score (nSPS) is 12.2. The van der Waals surface area contributed by atoms with Gasteiger partial charge in [0.15, 0.2) is 11.5 Å². The van der Waals surface area contributed by atoms with Crippen LogP contribution in [-0.4, -0.2) is 15.9 Å². The van der Waals surface area contributed by atoms with E-state index in [1.54, 1.807) is 0 Å². The lowest BCUT2D eigenvalue weighted by Gasteiger charge is -2.05. The molecule has 6 nitrogen and oxygen atoms in total. The minimum absolute atomic E-state index is 0.151. The van der Waals surface area contributed by atoms with Gasteiger partial charge in [0.05, 0.1) is 6.04 Å². The molecule has 4 rings (SSSR count). The van der Waals surface area contributed by atoms with Gasteiger partial charge in [-0.05, 0) is 18.1 Å². The predicted molar refractivity (Wildman–Crippen MR) is 116 cm³/mol. The number of aromatic amines is 1. The van der Waals surface area contributed by atoms with Crippen molar-refractivity contribution in [2.75, 3.05) is 0 Å². The van der Waals surface area contributed by atoms with Crippen molar-refractivity contribution in [1.29, 1.82) is 0 Å². The number of nitrogens with one attached hydrogen (secondary N) is 1. The number of unbranched alkanes of at least 4 members (excludes halogenated alkanes) is 1. The smallest absolute Gasteiger partial charge is 0.361 e. The van der Waals surface area contributed by atoms with Crippen molar-refractivity contribution in [3.8, 4) is 11.3 Å². The molecule has 0 bridgehead atoms. The van der Waals surface area contributed by atoms with E-state index in [0.717, 1.165) is 41.3 Å². The van der Waals surface area contributed by atoms with Gasteiger partial charge in [0, 0.05) is 22.7 Å². The Kier molecular flexibility index (Phi) is 5.95. The molecular weight excluding hydrogens is 378 g/mol. The van der Waals surface area contributed by atoms with Gasteiger partial charge in [0.2, 0.25) is 5.89 Å². The Labute approximate surface area is 175 Å². The van der Waals surface area contributed by atoms with Crippen molar-refractivity contribution in [3.05, 3.63) is 77.9 Å². The highest BCUT2D eigenvalue weighted by molar-refractivity contribution is 6.01. The molecule has 0 aliphatic rings. The lowest BCUT2D eigenvalue weighted by Crippen LogP contribution is -2.12. The molecule has 0 radical (unpaired) electrons. The topological polar surface area (TPSA) is 94.1 Å². The van der Waals surface area contributed by atoms with Crippen LogP contribution in [0.4, 0.5) is 0 Å². The number of fused-ring (bicyclic) bond motifs is 1. The second-order valence-electron chi connectivity index (χ2n) is 7.29. The number of hydrogen-bond donors (Lipinski definition) is 2. The molecule has 0 aliphatic heterocycles. The van der Waals surface area contributed by atoms with Crippen molar-refractivity contribution < 1.29 is 13.9 Å². The van der Waals surface area contributed by atoms with Gasteiger partial charge in [0.1, 0.15) is 6.61 Å². The van der Waals surface area contributed by atoms with Crippen LogP contribution in [0, 0.1) is 0 Å². The summed E-state index contributed by atoms with van der Waals surface area (Å²) < 4.78 is 11.6. The number of para-hydroxylation sites is 1. The molecule has 2 aromatic carbocycles. The molecule has 0 fully saturated rings. The maximum atomic E-state index is 12.9. The first-order valence-corrected chi connectivity index (χ1v) is 10.2. The Bertz CT molecular complexity index is 1130. The van der Waals surface area contributed by atoms with Crippen molar-refractivity contribution in [1.82, 2.24) is 9.97 Å². The van der Waals surface area contributed by atoms with E-state index in [1.807, 2.05) is 60.8 Å². The van der Waals surface area contributed by atoms with E-state index in [-0.39, 0.29) is 18.3 Å². The average molecular weight is 403 g/mol. The second kappa shape index (κ2) is 8.97. The molecule has 0 amide bonds. The molecule has 3 N–H and O–H groups in total. The summed E-state index contributed by atoms with van der Waals surface area (Å²) in [5.41, 5.74) is 9.05. The third-order valence-electron chi connectivity index (χ3n) is 5.07. The number of hydrogen-bond acceptors (Lipinski definition) is 5. The molecule has 0 saturated carbocycles. The lowest BCUT2D eigenvalue weighted by atomic mass is 10.1. The Morgan fingerprint density at radius 3 is 2.73 bits per heavy atom. The highest BCUT2D eigenvalue weighted by atomic mass is 16.5. The monoisotopic (exact) mass is 403 g/mol. The molecular formula is C24H25N3O3. The molecule has 0 saturated heterocycles. The molecule has 154 valence electrons. The zero-order valence-corrected chi connectivity index (χ0v) is 16.9. The van der Waals surface area contributed by atoms with Gasteiger partial charge < -0.3 is 19.9 Å². The summed E-state index contributed by atoms with van der Waals surface area (Å²) in [6, 6.07) is 17.0. The molecule has 0 unspecified atom stereocenters. The van der Waals surface area contributed by atoms with E-state index in [9.17, 15) is 4.79 Å². The van der Waals surface area contributed by atoms with Crippen LogP contribution < -0.4 is 5.73 Å². The van der Waals surface area contributed by atoms with Crippen LogP contribution >= 0.6 is 0 Å². The van der Waals surface area contributed by atoms with Gasteiger partial charge in [-0.3, -0.25) is 0 Å². The number of ether oxygens (including phenoxy) is 1. The first kappa shape index (κ1) is 19.9. The maximum absolute atomic E-state index is 12.9. The number of nitrogens with zero attached hydrogens (tertiary/aromatic N) is 1. The van der Waals surface area contributed by atoms with Crippen LogP contribution in [-0.2, 0) is 11.3 Å². The van der Waals surface area contributed by atoms with Crippen LogP contribution in [0.15, 0.2) is 65.2 Å². The van der Waals surface area contributed by atoms with E-state index >= 15 is 0 Å². The quantitative estimate of drug-likeness (QED) is 0.386. The summed E-state index contributed by atoms with van der Waals surface area (Å²) in [5.74, 6) is 0.208. The maximum Gasteiger partial charge on any atom is 0.361 e. The molecule has 0 aliphatic carbocycles. The van der Waals surface area contributed by atoms with E-state index in [1.165, 1.54) is 0 Å². The van der Waals surface area contributed by atoms with Crippen molar-refractivity contribution >= 4 is 16.9 Å². The number of carbonyl (C=O) groups excluding carboxylic acids is 1. The Hall–Kier alpha value is -3.38. The number of benzene rings is 2. The highest BCUT2D eigenvalue weighted by Gasteiger charge is 2.26. The number of carbonyl (C=O) groups is 1. The van der Waals surface area contributed by atoms with Gasteiger partial charge in [-0.1, -0.05) is 68.3 Å². The molecule has 4 aromatic rings. The molecule has 2 aromatic heterocycles. The van der Waals surface area contributed by atoms with E-state index < -0.39 is 5.97 Å². The van der Waals surface area contributed by atoms with Gasteiger partial charge in [-0.25, -0.2) is 9.78 Å². The SMILES string of the molecule is CCCC[C@@H](N)c1nc(C(=O)OCc2ccccc2)c(-c2c[nH]c3ccccc23)o1. The van der Waals surface area contributed by atoms with Crippen LogP contribution in [0.5, 0.6) is 0 Å². The lowest BCUT2D eigenvalue weighted by molar-refractivity contribution is 0.0467. The third-order valence-corrected chi connectivity index (χ3v) is 5.07. The van der Waals surface area contributed by atoms with Gasteiger partial charge in [0.25, 0.3) is 0 Å².